The average molecular weight is 348 g/mol. The molecular formula is C15H11BrFN3O. The largest absolute Gasteiger partial charge is 0.388 e. The molecule has 3 aromatic rings. The highest BCUT2D eigenvalue weighted by Gasteiger charge is 2.15. The number of rotatable bonds is 3. The molecule has 0 amide bonds. The normalized spacial score (nSPS) is 10.8. The minimum Gasteiger partial charge on any atom is -0.388 e. The summed E-state index contributed by atoms with van der Waals surface area (Å²) in [6.07, 6.45) is 0. The van der Waals surface area contributed by atoms with Crippen molar-refractivity contribution in [3.63, 3.8) is 0 Å². The zero-order valence-electron chi connectivity index (χ0n) is 10.9. The van der Waals surface area contributed by atoms with E-state index < -0.39 is 0 Å². The van der Waals surface area contributed by atoms with Crippen LogP contribution >= 0.6 is 15.9 Å². The van der Waals surface area contributed by atoms with Gasteiger partial charge in [-0.2, -0.15) is 0 Å². The minimum absolute atomic E-state index is 0.252. The Balaban J connectivity index is 2.22. The van der Waals surface area contributed by atoms with Crippen molar-refractivity contribution in [2.75, 3.05) is 0 Å². The third kappa shape index (κ3) is 2.72. The second-order valence-corrected chi connectivity index (χ2v) is 5.34. The predicted octanol–water partition coefficient (Wildman–Crippen LogP) is 3.33. The zero-order valence-corrected chi connectivity index (χ0v) is 12.5. The molecule has 106 valence electrons. The van der Waals surface area contributed by atoms with Crippen molar-refractivity contribution in [3.8, 4) is 17.1 Å². The first kappa shape index (κ1) is 13.9. The van der Waals surface area contributed by atoms with E-state index in [0.717, 1.165) is 5.69 Å². The van der Waals surface area contributed by atoms with Gasteiger partial charge in [0.2, 0.25) is 0 Å². The van der Waals surface area contributed by atoms with Gasteiger partial charge in [0.05, 0.1) is 0 Å². The Kier molecular flexibility index (Phi) is 3.81. The number of halogens is 2. The number of benzene rings is 2. The highest BCUT2D eigenvalue weighted by Crippen LogP contribution is 2.26. The fourth-order valence-corrected chi connectivity index (χ4v) is 2.60. The lowest BCUT2D eigenvalue weighted by Gasteiger charge is -2.09. The molecule has 1 aromatic heterocycles. The van der Waals surface area contributed by atoms with Crippen LogP contribution in [-0.4, -0.2) is 19.9 Å². The fraction of sp³-hybridized carbons (Fsp3) is 0.0667. The first-order chi connectivity index (χ1) is 10.2. The van der Waals surface area contributed by atoms with Crippen LogP contribution in [0.25, 0.3) is 17.1 Å². The van der Waals surface area contributed by atoms with Crippen LogP contribution in [0, 0.1) is 5.82 Å². The quantitative estimate of drug-likeness (QED) is 0.790. The number of para-hydroxylation sites is 1. The van der Waals surface area contributed by atoms with E-state index in [1.54, 1.807) is 10.6 Å². The van der Waals surface area contributed by atoms with E-state index in [1.165, 1.54) is 12.1 Å². The third-order valence-electron chi connectivity index (χ3n) is 3.01. The monoisotopic (exact) mass is 347 g/mol. The molecule has 0 spiro atoms. The zero-order chi connectivity index (χ0) is 14.8. The second kappa shape index (κ2) is 5.75. The molecule has 2 aromatic carbocycles. The Morgan fingerprint density at radius 3 is 2.52 bits per heavy atom. The Hall–Kier alpha value is -2.05. The van der Waals surface area contributed by atoms with Crippen molar-refractivity contribution in [1.29, 1.82) is 0 Å². The van der Waals surface area contributed by atoms with Gasteiger partial charge in [-0.3, -0.25) is 4.57 Å². The number of aromatic nitrogens is 3. The molecule has 4 nitrogen and oxygen atoms in total. The summed E-state index contributed by atoms with van der Waals surface area (Å²) in [5.41, 5.74) is 1.39. The molecule has 0 radical (unpaired) electrons. The molecule has 0 bridgehead atoms. The van der Waals surface area contributed by atoms with Gasteiger partial charge in [-0.05, 0) is 30.3 Å². The van der Waals surface area contributed by atoms with E-state index >= 15 is 0 Å². The molecule has 0 fully saturated rings. The molecule has 0 aliphatic heterocycles. The van der Waals surface area contributed by atoms with Crippen LogP contribution in [0.4, 0.5) is 4.39 Å². The van der Waals surface area contributed by atoms with Crippen LogP contribution in [0.3, 0.4) is 0 Å². The fourth-order valence-electron chi connectivity index (χ4n) is 2.14. The second-order valence-electron chi connectivity index (χ2n) is 4.43. The molecule has 0 saturated heterocycles. The highest BCUT2D eigenvalue weighted by molar-refractivity contribution is 9.10. The number of nitrogens with zero attached hydrogens (tertiary/aromatic N) is 3. The van der Waals surface area contributed by atoms with Crippen LogP contribution in [0.1, 0.15) is 5.82 Å². The van der Waals surface area contributed by atoms with Crippen molar-refractivity contribution in [1.82, 2.24) is 14.8 Å². The van der Waals surface area contributed by atoms with Gasteiger partial charge in [-0.15, -0.1) is 10.2 Å². The SMILES string of the molecule is OCc1nnc(-c2cc(F)cc(Br)c2)n1-c1ccccc1. The molecule has 0 unspecified atom stereocenters. The molecule has 0 aliphatic carbocycles. The summed E-state index contributed by atoms with van der Waals surface area (Å²) in [5.74, 6) is 0.509. The van der Waals surface area contributed by atoms with Crippen LogP contribution in [-0.2, 0) is 6.61 Å². The van der Waals surface area contributed by atoms with Gasteiger partial charge in [0.15, 0.2) is 11.6 Å². The summed E-state index contributed by atoms with van der Waals surface area (Å²) in [6, 6.07) is 13.9. The van der Waals surface area contributed by atoms with Crippen molar-refractivity contribution in [3.05, 3.63) is 64.6 Å². The number of hydrogen-bond acceptors (Lipinski definition) is 3. The molecule has 3 rings (SSSR count). The first-order valence-corrected chi connectivity index (χ1v) is 7.05. The van der Waals surface area contributed by atoms with E-state index in [-0.39, 0.29) is 12.4 Å². The van der Waals surface area contributed by atoms with Crippen molar-refractivity contribution >= 4 is 15.9 Å². The molecule has 0 aliphatic rings. The summed E-state index contributed by atoms with van der Waals surface area (Å²) in [5, 5.41) is 17.5. The lowest BCUT2D eigenvalue weighted by molar-refractivity contribution is 0.269. The number of aliphatic hydroxyl groups is 1. The summed E-state index contributed by atoms with van der Waals surface area (Å²) in [4.78, 5) is 0. The van der Waals surface area contributed by atoms with Crippen LogP contribution in [0.5, 0.6) is 0 Å². The Morgan fingerprint density at radius 2 is 1.86 bits per heavy atom. The molecule has 1 heterocycles. The van der Waals surface area contributed by atoms with Crippen molar-refractivity contribution in [2.24, 2.45) is 0 Å². The lowest BCUT2D eigenvalue weighted by Crippen LogP contribution is -2.03. The molecular weight excluding hydrogens is 337 g/mol. The van der Waals surface area contributed by atoms with Gasteiger partial charge in [0, 0.05) is 15.7 Å². The van der Waals surface area contributed by atoms with Gasteiger partial charge in [0.1, 0.15) is 12.4 Å². The molecule has 1 N–H and O–H groups in total. The topological polar surface area (TPSA) is 50.9 Å². The van der Waals surface area contributed by atoms with Crippen LogP contribution in [0.2, 0.25) is 0 Å². The Bertz CT molecular complexity index is 754. The van der Waals surface area contributed by atoms with Gasteiger partial charge < -0.3 is 5.11 Å². The number of aliphatic hydroxyl groups excluding tert-OH is 1. The number of hydrogen-bond donors (Lipinski definition) is 1. The summed E-state index contributed by atoms with van der Waals surface area (Å²) in [6.45, 7) is -0.252. The molecule has 0 atom stereocenters. The third-order valence-corrected chi connectivity index (χ3v) is 3.46. The van der Waals surface area contributed by atoms with Crippen LogP contribution in [0.15, 0.2) is 53.0 Å². The van der Waals surface area contributed by atoms with E-state index in [9.17, 15) is 9.50 Å². The van der Waals surface area contributed by atoms with E-state index in [1.807, 2.05) is 30.3 Å². The highest BCUT2D eigenvalue weighted by atomic mass is 79.9. The average Bonchev–Trinajstić information content (AvgIpc) is 2.91. The predicted molar refractivity (Wildman–Crippen MR) is 80.4 cm³/mol. The maximum Gasteiger partial charge on any atom is 0.168 e. The summed E-state index contributed by atoms with van der Waals surface area (Å²) < 4.78 is 15.9. The van der Waals surface area contributed by atoms with E-state index in [0.29, 0.717) is 21.7 Å². The van der Waals surface area contributed by atoms with E-state index in [4.69, 9.17) is 0 Å². The summed E-state index contributed by atoms with van der Waals surface area (Å²) in [7, 11) is 0. The van der Waals surface area contributed by atoms with Crippen molar-refractivity contribution < 1.29 is 9.50 Å². The van der Waals surface area contributed by atoms with Crippen LogP contribution < -0.4 is 0 Å². The summed E-state index contributed by atoms with van der Waals surface area (Å²) >= 11 is 3.27. The Labute approximate surface area is 129 Å². The van der Waals surface area contributed by atoms with Crippen molar-refractivity contribution in [2.45, 2.75) is 6.61 Å². The standard InChI is InChI=1S/C15H11BrFN3O/c16-11-6-10(7-12(17)8-11)15-19-18-14(9-21)20(15)13-4-2-1-3-5-13/h1-8,21H,9H2. The molecule has 21 heavy (non-hydrogen) atoms. The minimum atomic E-state index is -0.368. The van der Waals surface area contributed by atoms with Gasteiger partial charge in [-0.25, -0.2) is 4.39 Å². The maximum absolute atomic E-state index is 13.6. The Morgan fingerprint density at radius 1 is 1.10 bits per heavy atom. The molecule has 6 heteroatoms. The lowest BCUT2D eigenvalue weighted by atomic mass is 10.2. The first-order valence-electron chi connectivity index (χ1n) is 6.26. The molecule has 0 saturated carbocycles. The van der Waals surface area contributed by atoms with Gasteiger partial charge in [-0.1, -0.05) is 34.1 Å². The van der Waals surface area contributed by atoms with E-state index in [2.05, 4.69) is 26.1 Å². The maximum atomic E-state index is 13.6. The van der Waals surface area contributed by atoms with Gasteiger partial charge in [0.25, 0.3) is 0 Å². The van der Waals surface area contributed by atoms with Gasteiger partial charge >= 0.3 is 0 Å². The smallest absolute Gasteiger partial charge is 0.168 e.